The molecule has 0 atom stereocenters. The normalized spacial score (nSPS) is 13.9. The van der Waals surface area contributed by atoms with Crippen LogP contribution in [0, 0.1) is 0 Å². The van der Waals surface area contributed by atoms with Crippen LogP contribution in [0.5, 0.6) is 0 Å². The summed E-state index contributed by atoms with van der Waals surface area (Å²) < 4.78 is 4.67. The van der Waals surface area contributed by atoms with E-state index in [9.17, 15) is 14.4 Å². The van der Waals surface area contributed by atoms with Crippen molar-refractivity contribution in [2.75, 3.05) is 25.1 Å². The molecule has 1 saturated heterocycles. The predicted molar refractivity (Wildman–Crippen MR) is 106 cm³/mol. The van der Waals surface area contributed by atoms with Crippen LogP contribution in [0.3, 0.4) is 0 Å². The summed E-state index contributed by atoms with van der Waals surface area (Å²) in [5.74, 6) is -0.376. The van der Waals surface area contributed by atoms with Gasteiger partial charge in [0, 0.05) is 30.8 Å². The van der Waals surface area contributed by atoms with Gasteiger partial charge in [-0.05, 0) is 61.2 Å². The first-order chi connectivity index (χ1) is 13.6. The van der Waals surface area contributed by atoms with Gasteiger partial charge in [-0.15, -0.1) is 0 Å². The highest BCUT2D eigenvalue weighted by atomic mass is 16.5. The number of rotatable bonds is 6. The average molecular weight is 380 g/mol. The molecule has 0 bridgehead atoms. The number of carbonyl (C=O) groups is 3. The summed E-state index contributed by atoms with van der Waals surface area (Å²) in [5, 5.41) is 2.89. The molecule has 3 rings (SSSR count). The van der Waals surface area contributed by atoms with Crippen molar-refractivity contribution in [3.05, 3.63) is 65.2 Å². The van der Waals surface area contributed by atoms with Gasteiger partial charge in [-0.2, -0.15) is 0 Å². The molecule has 2 aromatic rings. The molecule has 146 valence electrons. The molecule has 1 N–H and O–H groups in total. The minimum Gasteiger partial charge on any atom is -0.465 e. The number of ether oxygens (including phenoxy) is 1. The first-order valence-corrected chi connectivity index (χ1v) is 9.44. The van der Waals surface area contributed by atoms with E-state index in [0.717, 1.165) is 30.6 Å². The van der Waals surface area contributed by atoms with Crippen LogP contribution in [0.15, 0.2) is 48.5 Å². The summed E-state index contributed by atoms with van der Waals surface area (Å²) in [5.41, 5.74) is 2.93. The molecule has 1 heterocycles. The second-order valence-electron chi connectivity index (χ2n) is 6.74. The third kappa shape index (κ3) is 4.76. The van der Waals surface area contributed by atoms with E-state index in [1.807, 2.05) is 24.3 Å². The van der Waals surface area contributed by atoms with Crippen molar-refractivity contribution in [1.29, 1.82) is 0 Å². The zero-order chi connectivity index (χ0) is 19.9. The molecule has 1 fully saturated rings. The van der Waals surface area contributed by atoms with Crippen LogP contribution in [-0.2, 0) is 16.0 Å². The Bertz CT molecular complexity index is 844. The van der Waals surface area contributed by atoms with Crippen molar-refractivity contribution >= 4 is 23.5 Å². The molecule has 28 heavy (non-hydrogen) atoms. The highest BCUT2D eigenvalue weighted by molar-refractivity contribution is 5.97. The molecular formula is C22H24N2O4. The number of benzene rings is 2. The van der Waals surface area contributed by atoms with Crippen LogP contribution >= 0.6 is 0 Å². The van der Waals surface area contributed by atoms with Crippen molar-refractivity contribution in [1.82, 2.24) is 5.32 Å². The summed E-state index contributed by atoms with van der Waals surface area (Å²) in [6.07, 6.45) is 3.20. The molecule has 0 unspecified atom stereocenters. The Morgan fingerprint density at radius 1 is 1.00 bits per heavy atom. The summed E-state index contributed by atoms with van der Waals surface area (Å²) in [4.78, 5) is 37.5. The number of methoxy groups -OCH3 is 1. The maximum absolute atomic E-state index is 12.3. The highest BCUT2D eigenvalue weighted by Crippen LogP contribution is 2.21. The van der Waals surface area contributed by atoms with Crippen LogP contribution in [0.4, 0.5) is 5.69 Å². The highest BCUT2D eigenvalue weighted by Gasteiger charge is 2.19. The van der Waals surface area contributed by atoms with Crippen LogP contribution in [0.2, 0.25) is 0 Å². The fourth-order valence-corrected chi connectivity index (χ4v) is 3.22. The van der Waals surface area contributed by atoms with Gasteiger partial charge in [-0.3, -0.25) is 9.59 Å². The lowest BCUT2D eigenvalue weighted by Gasteiger charge is -2.26. The number of nitrogens with zero attached hydrogens (tertiary/aromatic N) is 1. The second kappa shape index (κ2) is 9.17. The molecule has 1 aliphatic heterocycles. The largest absolute Gasteiger partial charge is 0.465 e. The lowest BCUT2D eigenvalue weighted by Crippen LogP contribution is -2.35. The Morgan fingerprint density at radius 3 is 2.32 bits per heavy atom. The van der Waals surface area contributed by atoms with Crippen molar-refractivity contribution < 1.29 is 19.1 Å². The number of hydrogen-bond donors (Lipinski definition) is 1. The van der Waals surface area contributed by atoms with Crippen molar-refractivity contribution in [2.45, 2.75) is 25.7 Å². The van der Waals surface area contributed by atoms with Gasteiger partial charge in [0.15, 0.2) is 0 Å². The Hall–Kier alpha value is -3.15. The van der Waals surface area contributed by atoms with Gasteiger partial charge >= 0.3 is 5.97 Å². The molecule has 0 spiro atoms. The number of hydrogen-bond acceptors (Lipinski definition) is 4. The van der Waals surface area contributed by atoms with Gasteiger partial charge in [0.1, 0.15) is 0 Å². The smallest absolute Gasteiger partial charge is 0.337 e. The van der Waals surface area contributed by atoms with E-state index >= 15 is 0 Å². The monoisotopic (exact) mass is 380 g/mol. The molecule has 0 radical (unpaired) electrons. The number of esters is 1. The maximum Gasteiger partial charge on any atom is 0.337 e. The second-order valence-corrected chi connectivity index (χ2v) is 6.74. The summed E-state index contributed by atoms with van der Waals surface area (Å²) >= 11 is 0. The molecule has 0 aliphatic carbocycles. The lowest BCUT2D eigenvalue weighted by molar-refractivity contribution is -0.119. The topological polar surface area (TPSA) is 75.7 Å². The van der Waals surface area contributed by atoms with Crippen molar-refractivity contribution in [2.24, 2.45) is 0 Å². The predicted octanol–water partition coefficient (Wildman–Crippen LogP) is 2.96. The molecule has 6 heteroatoms. The summed E-state index contributed by atoms with van der Waals surface area (Å²) in [6.45, 7) is 1.22. The standard InChI is InChI=1S/C22H24N2O4/c1-28-22(27)18-7-5-16(6-8-18)13-14-23-21(26)17-9-11-19(12-10-17)24-15-3-2-4-20(24)25/h5-12H,2-4,13-15H2,1H3,(H,23,26). The Labute approximate surface area is 164 Å². The van der Waals surface area contributed by atoms with Gasteiger partial charge in [0.2, 0.25) is 5.91 Å². The summed E-state index contributed by atoms with van der Waals surface area (Å²) in [7, 11) is 1.35. The van der Waals surface area contributed by atoms with E-state index in [1.54, 1.807) is 29.2 Å². The molecule has 0 saturated carbocycles. The Kier molecular flexibility index (Phi) is 6.42. The number of nitrogens with one attached hydrogen (secondary N) is 1. The third-order valence-corrected chi connectivity index (χ3v) is 4.84. The van der Waals surface area contributed by atoms with Crippen LogP contribution in [-0.4, -0.2) is 38.0 Å². The van der Waals surface area contributed by atoms with Crippen LogP contribution < -0.4 is 10.2 Å². The molecule has 2 amide bonds. The average Bonchev–Trinajstić information content (AvgIpc) is 2.74. The first-order valence-electron chi connectivity index (χ1n) is 9.44. The van der Waals surface area contributed by atoms with E-state index in [2.05, 4.69) is 10.1 Å². The zero-order valence-corrected chi connectivity index (χ0v) is 15.9. The zero-order valence-electron chi connectivity index (χ0n) is 15.9. The van der Waals surface area contributed by atoms with Crippen molar-refractivity contribution in [3.63, 3.8) is 0 Å². The molecule has 1 aliphatic rings. The third-order valence-electron chi connectivity index (χ3n) is 4.84. The van der Waals surface area contributed by atoms with Crippen LogP contribution in [0.1, 0.15) is 45.5 Å². The lowest BCUT2D eigenvalue weighted by atomic mass is 10.1. The molecular weight excluding hydrogens is 356 g/mol. The summed E-state index contributed by atoms with van der Waals surface area (Å²) in [6, 6.07) is 14.3. The minimum atomic E-state index is -0.366. The minimum absolute atomic E-state index is 0.140. The Morgan fingerprint density at radius 2 is 1.68 bits per heavy atom. The van der Waals surface area contributed by atoms with Crippen molar-refractivity contribution in [3.8, 4) is 0 Å². The number of carbonyl (C=O) groups excluding carboxylic acids is 3. The molecule has 6 nitrogen and oxygen atoms in total. The molecule has 2 aromatic carbocycles. The van der Waals surface area contributed by atoms with E-state index in [-0.39, 0.29) is 17.8 Å². The molecule has 0 aromatic heterocycles. The van der Waals surface area contributed by atoms with E-state index in [1.165, 1.54) is 7.11 Å². The maximum atomic E-state index is 12.3. The fraction of sp³-hybridized carbons (Fsp3) is 0.318. The quantitative estimate of drug-likeness (QED) is 0.782. The van der Waals surface area contributed by atoms with Gasteiger partial charge in [-0.25, -0.2) is 4.79 Å². The van der Waals surface area contributed by atoms with Gasteiger partial charge in [0.25, 0.3) is 5.91 Å². The van der Waals surface area contributed by atoms with E-state index in [4.69, 9.17) is 0 Å². The first kappa shape index (κ1) is 19.6. The fourth-order valence-electron chi connectivity index (χ4n) is 3.22. The van der Waals surface area contributed by atoms with Gasteiger partial charge in [0.05, 0.1) is 12.7 Å². The SMILES string of the molecule is COC(=O)c1ccc(CCNC(=O)c2ccc(N3CCCCC3=O)cc2)cc1. The number of amides is 2. The van der Waals surface area contributed by atoms with Crippen LogP contribution in [0.25, 0.3) is 0 Å². The van der Waals surface area contributed by atoms with E-state index < -0.39 is 0 Å². The number of anilines is 1. The Balaban J connectivity index is 1.51. The van der Waals surface area contributed by atoms with E-state index in [0.29, 0.717) is 30.5 Å². The van der Waals surface area contributed by atoms with Gasteiger partial charge < -0.3 is 15.0 Å². The van der Waals surface area contributed by atoms with Gasteiger partial charge in [-0.1, -0.05) is 12.1 Å². The number of piperidine rings is 1.